The summed E-state index contributed by atoms with van der Waals surface area (Å²) in [6, 6.07) is 3.56. The van der Waals surface area contributed by atoms with E-state index in [0.717, 1.165) is 0 Å². The van der Waals surface area contributed by atoms with Gasteiger partial charge in [-0.15, -0.1) is 0 Å². The largest absolute Gasteiger partial charge is 0.493 e. The van der Waals surface area contributed by atoms with Crippen LogP contribution in [0.2, 0.25) is 0 Å². The van der Waals surface area contributed by atoms with Crippen molar-refractivity contribution in [3.8, 4) is 23.0 Å². The third-order valence-electron chi connectivity index (χ3n) is 6.45. The number of carbonyl (C=O) groups is 2. The molecule has 10 heteroatoms. The average molecular weight is 541 g/mol. The SMILES string of the molecule is CCOC(=O)c1c(C)oc2c(Cc3cc(OC)c(OC)c4c(C(=O)OCC)c(C)oc34)cc(OC)c(OC)c12. The molecule has 208 valence electrons. The van der Waals surface area contributed by atoms with E-state index in [0.29, 0.717) is 67.6 Å². The number of ether oxygens (including phenoxy) is 6. The van der Waals surface area contributed by atoms with Crippen molar-refractivity contribution in [1.29, 1.82) is 0 Å². The van der Waals surface area contributed by atoms with Crippen LogP contribution in [0.5, 0.6) is 23.0 Å². The number of hydrogen-bond donors (Lipinski definition) is 0. The molecule has 0 aliphatic carbocycles. The molecule has 0 bridgehead atoms. The summed E-state index contributed by atoms with van der Waals surface area (Å²) < 4.78 is 45.4. The molecule has 0 aliphatic heterocycles. The highest BCUT2D eigenvalue weighted by atomic mass is 16.5. The molecule has 0 aliphatic rings. The van der Waals surface area contributed by atoms with Crippen LogP contribution in [0.4, 0.5) is 0 Å². The van der Waals surface area contributed by atoms with E-state index in [1.165, 1.54) is 28.4 Å². The average Bonchev–Trinajstić information content (AvgIpc) is 3.45. The topological polar surface area (TPSA) is 116 Å². The number of esters is 2. The Morgan fingerprint density at radius 1 is 0.667 bits per heavy atom. The molecule has 2 heterocycles. The Hall–Kier alpha value is -4.34. The van der Waals surface area contributed by atoms with E-state index in [1.54, 1.807) is 39.8 Å². The molecule has 0 spiro atoms. The summed E-state index contributed by atoms with van der Waals surface area (Å²) in [7, 11) is 6.02. The van der Waals surface area contributed by atoms with Gasteiger partial charge in [0, 0.05) is 17.5 Å². The van der Waals surface area contributed by atoms with Gasteiger partial charge in [-0.05, 0) is 39.8 Å². The second-order valence-electron chi connectivity index (χ2n) is 8.63. The predicted octanol–water partition coefficient (Wildman–Crippen LogP) is 5.77. The van der Waals surface area contributed by atoms with Gasteiger partial charge in [-0.1, -0.05) is 0 Å². The molecule has 4 aromatic rings. The summed E-state index contributed by atoms with van der Waals surface area (Å²) in [5.41, 5.74) is 2.76. The molecule has 0 saturated heterocycles. The first-order chi connectivity index (χ1) is 18.8. The second kappa shape index (κ2) is 11.2. The van der Waals surface area contributed by atoms with Crippen molar-refractivity contribution in [3.05, 3.63) is 45.9 Å². The van der Waals surface area contributed by atoms with Crippen molar-refractivity contribution in [2.24, 2.45) is 0 Å². The van der Waals surface area contributed by atoms with Crippen LogP contribution >= 0.6 is 0 Å². The van der Waals surface area contributed by atoms with Gasteiger partial charge in [-0.25, -0.2) is 9.59 Å². The monoisotopic (exact) mass is 540 g/mol. The number of fused-ring (bicyclic) bond motifs is 2. The predicted molar refractivity (Wildman–Crippen MR) is 143 cm³/mol. The standard InChI is InChI=1S/C29H32O10/c1-9-36-28(30)20-14(3)38-24-16(12-18(32-5)26(34-7)22(20)24)11-17-13-19(33-6)27(35-8)23-21(29(31)37-10-2)15(4)39-25(17)23/h12-13H,9-11H2,1-8H3. The van der Waals surface area contributed by atoms with E-state index < -0.39 is 11.9 Å². The summed E-state index contributed by atoms with van der Waals surface area (Å²) in [5, 5.41) is 0.893. The van der Waals surface area contributed by atoms with Gasteiger partial charge in [0.1, 0.15) is 33.8 Å². The number of methoxy groups -OCH3 is 4. The fourth-order valence-corrected chi connectivity index (χ4v) is 4.87. The maximum absolute atomic E-state index is 12.9. The highest BCUT2D eigenvalue weighted by Crippen LogP contribution is 2.46. The summed E-state index contributed by atoms with van der Waals surface area (Å²) in [6.07, 6.45) is 0.262. The molecule has 10 nitrogen and oxygen atoms in total. The first-order valence-corrected chi connectivity index (χ1v) is 12.4. The van der Waals surface area contributed by atoms with Crippen molar-refractivity contribution >= 4 is 33.9 Å². The first-order valence-electron chi connectivity index (χ1n) is 12.4. The normalized spacial score (nSPS) is 11.1. The van der Waals surface area contributed by atoms with Crippen molar-refractivity contribution < 1.29 is 46.8 Å². The van der Waals surface area contributed by atoms with Gasteiger partial charge in [0.15, 0.2) is 23.0 Å². The molecule has 4 rings (SSSR count). The molecule has 0 atom stereocenters. The second-order valence-corrected chi connectivity index (χ2v) is 8.63. The van der Waals surface area contributed by atoms with E-state index in [9.17, 15) is 9.59 Å². The van der Waals surface area contributed by atoms with E-state index >= 15 is 0 Å². The quantitative estimate of drug-likeness (QED) is 0.229. The van der Waals surface area contributed by atoms with Gasteiger partial charge in [0.05, 0.1) is 52.4 Å². The van der Waals surface area contributed by atoms with Crippen molar-refractivity contribution in [3.63, 3.8) is 0 Å². The smallest absolute Gasteiger partial charge is 0.342 e. The Kier molecular flexibility index (Phi) is 7.94. The summed E-state index contributed by atoms with van der Waals surface area (Å²) in [6.45, 7) is 7.26. The van der Waals surface area contributed by atoms with Crippen molar-refractivity contribution in [2.75, 3.05) is 41.7 Å². The van der Waals surface area contributed by atoms with Crippen LogP contribution in [0, 0.1) is 13.8 Å². The molecule has 2 aromatic carbocycles. The zero-order valence-corrected chi connectivity index (χ0v) is 23.4. The Bertz CT molecular complexity index is 1440. The fourth-order valence-electron chi connectivity index (χ4n) is 4.87. The van der Waals surface area contributed by atoms with E-state index in [-0.39, 0.29) is 30.8 Å². The third-order valence-corrected chi connectivity index (χ3v) is 6.45. The Balaban J connectivity index is 2.02. The lowest BCUT2D eigenvalue weighted by molar-refractivity contribution is 0.0516. The summed E-state index contributed by atoms with van der Waals surface area (Å²) >= 11 is 0. The van der Waals surface area contributed by atoms with E-state index in [4.69, 9.17) is 37.3 Å². The maximum atomic E-state index is 12.9. The van der Waals surface area contributed by atoms with Crippen LogP contribution in [-0.4, -0.2) is 53.6 Å². The van der Waals surface area contributed by atoms with Gasteiger partial charge in [0.25, 0.3) is 0 Å². The van der Waals surface area contributed by atoms with Crippen LogP contribution in [0.25, 0.3) is 21.9 Å². The number of hydrogen-bond acceptors (Lipinski definition) is 10. The molecule has 39 heavy (non-hydrogen) atoms. The summed E-state index contributed by atoms with van der Waals surface area (Å²) in [4.78, 5) is 25.8. The maximum Gasteiger partial charge on any atom is 0.342 e. The minimum Gasteiger partial charge on any atom is -0.493 e. The van der Waals surface area contributed by atoms with Gasteiger partial charge >= 0.3 is 11.9 Å². The Morgan fingerprint density at radius 3 is 1.36 bits per heavy atom. The zero-order chi connectivity index (χ0) is 28.4. The lowest BCUT2D eigenvalue weighted by Gasteiger charge is -2.15. The van der Waals surface area contributed by atoms with Gasteiger partial charge < -0.3 is 37.3 Å². The molecule has 0 saturated carbocycles. The number of rotatable bonds is 10. The van der Waals surface area contributed by atoms with Crippen molar-refractivity contribution in [2.45, 2.75) is 34.1 Å². The number of aryl methyl sites for hydroxylation is 2. The van der Waals surface area contributed by atoms with Gasteiger partial charge in [-0.3, -0.25) is 0 Å². The minimum absolute atomic E-state index is 0.203. The van der Waals surface area contributed by atoms with Crippen LogP contribution in [0.15, 0.2) is 21.0 Å². The molecule has 0 fully saturated rings. The number of benzene rings is 2. The van der Waals surface area contributed by atoms with Crippen LogP contribution < -0.4 is 18.9 Å². The molecule has 0 radical (unpaired) electrons. The van der Waals surface area contributed by atoms with E-state index in [2.05, 4.69) is 0 Å². The molecular weight excluding hydrogens is 508 g/mol. The minimum atomic E-state index is -0.527. The van der Waals surface area contributed by atoms with Crippen LogP contribution in [0.3, 0.4) is 0 Å². The van der Waals surface area contributed by atoms with Crippen LogP contribution in [0.1, 0.15) is 57.2 Å². The lowest BCUT2D eigenvalue weighted by Crippen LogP contribution is -2.06. The third kappa shape index (κ3) is 4.60. The Morgan fingerprint density at radius 2 is 1.05 bits per heavy atom. The van der Waals surface area contributed by atoms with Crippen molar-refractivity contribution in [1.82, 2.24) is 0 Å². The first kappa shape index (κ1) is 27.7. The number of carbonyl (C=O) groups excluding carboxylic acids is 2. The van der Waals surface area contributed by atoms with E-state index in [1.807, 2.05) is 0 Å². The molecule has 0 amide bonds. The van der Waals surface area contributed by atoms with Crippen LogP contribution in [-0.2, 0) is 15.9 Å². The Labute approximate surface area is 225 Å². The zero-order valence-electron chi connectivity index (χ0n) is 23.4. The molecule has 2 aromatic heterocycles. The van der Waals surface area contributed by atoms with Gasteiger partial charge in [-0.2, -0.15) is 0 Å². The molecular formula is C29H32O10. The lowest BCUT2D eigenvalue weighted by atomic mass is 9.97. The molecule has 0 unspecified atom stereocenters. The van der Waals surface area contributed by atoms with Gasteiger partial charge in [0.2, 0.25) is 0 Å². The fraction of sp³-hybridized carbons (Fsp3) is 0.379. The summed E-state index contributed by atoms with van der Waals surface area (Å²) in [5.74, 6) is 1.23. The molecule has 0 N–H and O–H groups in total. The highest BCUT2D eigenvalue weighted by molar-refractivity contribution is 6.10. The highest BCUT2D eigenvalue weighted by Gasteiger charge is 2.30. The number of furan rings is 2.